The molecule has 0 amide bonds. The van der Waals surface area contributed by atoms with Crippen LogP contribution in [0.3, 0.4) is 0 Å². The third kappa shape index (κ3) is 2.10. The van der Waals surface area contributed by atoms with Crippen molar-refractivity contribution >= 4 is 0 Å². The summed E-state index contributed by atoms with van der Waals surface area (Å²) in [6.45, 7) is 7.45. The number of hydrogen-bond donors (Lipinski definition) is 3. The summed E-state index contributed by atoms with van der Waals surface area (Å²) in [5, 5.41) is 29.4. The summed E-state index contributed by atoms with van der Waals surface area (Å²) in [6, 6.07) is 0. The minimum atomic E-state index is -0.913. The Kier molecular flexibility index (Phi) is 3.24. The normalized spacial score (nSPS) is 39.4. The second-order valence-electron chi connectivity index (χ2n) is 5.38. The Morgan fingerprint density at radius 2 is 1.64 bits per heavy atom. The van der Waals surface area contributed by atoms with E-state index in [0.29, 0.717) is 12.3 Å². The van der Waals surface area contributed by atoms with Crippen LogP contribution in [0.2, 0.25) is 0 Å². The minimum absolute atomic E-state index is 0.0985. The molecule has 0 aromatic heterocycles. The predicted octanol–water partition coefficient (Wildman–Crippen LogP) is 0.771. The fourth-order valence-corrected chi connectivity index (χ4v) is 2.44. The molecule has 14 heavy (non-hydrogen) atoms. The molecule has 3 heteroatoms. The lowest BCUT2D eigenvalue weighted by Crippen LogP contribution is -2.39. The van der Waals surface area contributed by atoms with E-state index in [0.717, 1.165) is 0 Å². The van der Waals surface area contributed by atoms with E-state index in [2.05, 4.69) is 0 Å². The molecule has 0 aliphatic heterocycles. The summed E-state index contributed by atoms with van der Waals surface area (Å²) in [5.74, 6) is 0.221. The number of hydrogen-bond acceptors (Lipinski definition) is 3. The first-order chi connectivity index (χ1) is 6.25. The third-order valence-electron chi connectivity index (χ3n) is 3.49. The summed E-state index contributed by atoms with van der Waals surface area (Å²) >= 11 is 0. The van der Waals surface area contributed by atoms with Gasteiger partial charge in [0.1, 0.15) is 0 Å². The molecule has 4 unspecified atom stereocenters. The van der Waals surface area contributed by atoms with Gasteiger partial charge in [0.2, 0.25) is 0 Å². The zero-order valence-corrected chi connectivity index (χ0v) is 9.44. The first kappa shape index (κ1) is 12.0. The molecular weight excluding hydrogens is 180 g/mol. The van der Waals surface area contributed by atoms with Crippen LogP contribution >= 0.6 is 0 Å². The average molecular weight is 202 g/mol. The van der Waals surface area contributed by atoms with Crippen molar-refractivity contribution in [2.75, 3.05) is 0 Å². The highest BCUT2D eigenvalue weighted by molar-refractivity contribution is 4.98. The van der Waals surface area contributed by atoms with Gasteiger partial charge in [-0.15, -0.1) is 0 Å². The van der Waals surface area contributed by atoms with Gasteiger partial charge < -0.3 is 15.3 Å². The molecule has 0 spiro atoms. The molecule has 0 aromatic carbocycles. The van der Waals surface area contributed by atoms with Crippen molar-refractivity contribution in [3.8, 4) is 0 Å². The Morgan fingerprint density at radius 3 is 1.86 bits per heavy atom. The highest BCUT2D eigenvalue weighted by Crippen LogP contribution is 2.41. The highest BCUT2D eigenvalue weighted by atomic mass is 16.3. The zero-order chi connectivity index (χ0) is 11.1. The molecule has 3 N–H and O–H groups in total. The van der Waals surface area contributed by atoms with Crippen molar-refractivity contribution in [1.82, 2.24) is 0 Å². The van der Waals surface area contributed by atoms with Gasteiger partial charge >= 0.3 is 0 Å². The summed E-state index contributed by atoms with van der Waals surface area (Å²) < 4.78 is 0. The molecule has 0 heterocycles. The van der Waals surface area contributed by atoms with E-state index in [1.54, 1.807) is 13.8 Å². The van der Waals surface area contributed by atoms with Crippen LogP contribution in [0.15, 0.2) is 0 Å². The van der Waals surface area contributed by atoms with Crippen molar-refractivity contribution < 1.29 is 15.3 Å². The number of aliphatic hydroxyl groups is 3. The highest BCUT2D eigenvalue weighted by Gasteiger charge is 2.48. The van der Waals surface area contributed by atoms with E-state index >= 15 is 0 Å². The largest absolute Gasteiger partial charge is 0.390 e. The maximum Gasteiger partial charge on any atom is 0.0857 e. The topological polar surface area (TPSA) is 60.7 Å². The molecule has 3 nitrogen and oxygen atoms in total. The molecule has 1 rings (SSSR count). The van der Waals surface area contributed by atoms with Crippen molar-refractivity contribution in [1.29, 1.82) is 0 Å². The lowest BCUT2D eigenvalue weighted by atomic mass is 9.86. The van der Waals surface area contributed by atoms with Crippen molar-refractivity contribution in [2.45, 2.75) is 51.9 Å². The van der Waals surface area contributed by atoms with Gasteiger partial charge in [0, 0.05) is 5.92 Å². The van der Waals surface area contributed by atoms with E-state index in [9.17, 15) is 15.3 Å². The second kappa shape index (κ2) is 3.80. The van der Waals surface area contributed by atoms with Gasteiger partial charge in [-0.3, -0.25) is 0 Å². The van der Waals surface area contributed by atoms with E-state index in [-0.39, 0.29) is 11.8 Å². The first-order valence-electron chi connectivity index (χ1n) is 5.33. The summed E-state index contributed by atoms with van der Waals surface area (Å²) in [4.78, 5) is 0. The molecule has 84 valence electrons. The Labute approximate surface area is 85.8 Å². The van der Waals surface area contributed by atoms with E-state index in [4.69, 9.17) is 0 Å². The smallest absolute Gasteiger partial charge is 0.0857 e. The Bertz CT molecular complexity index is 195. The molecule has 4 atom stereocenters. The van der Waals surface area contributed by atoms with Gasteiger partial charge in [-0.1, -0.05) is 13.8 Å². The van der Waals surface area contributed by atoms with Crippen LogP contribution < -0.4 is 0 Å². The van der Waals surface area contributed by atoms with Gasteiger partial charge in [0.05, 0.1) is 17.8 Å². The summed E-state index contributed by atoms with van der Waals surface area (Å²) in [7, 11) is 0. The summed E-state index contributed by atoms with van der Waals surface area (Å²) in [5.41, 5.74) is -0.913. The van der Waals surface area contributed by atoms with Gasteiger partial charge in [-0.2, -0.15) is 0 Å². The molecule has 1 aliphatic rings. The van der Waals surface area contributed by atoms with E-state index in [1.807, 2.05) is 13.8 Å². The average Bonchev–Trinajstić information content (AvgIpc) is 2.28. The third-order valence-corrected chi connectivity index (χ3v) is 3.49. The van der Waals surface area contributed by atoms with Gasteiger partial charge in [-0.05, 0) is 32.1 Å². The predicted molar refractivity (Wildman–Crippen MR) is 54.7 cm³/mol. The molecule has 1 fully saturated rings. The number of rotatable bonds is 2. The lowest BCUT2D eigenvalue weighted by molar-refractivity contribution is -0.0630. The van der Waals surface area contributed by atoms with Crippen molar-refractivity contribution in [3.63, 3.8) is 0 Å². The molecule has 0 aromatic rings. The van der Waals surface area contributed by atoms with Crippen molar-refractivity contribution in [3.05, 3.63) is 0 Å². The van der Waals surface area contributed by atoms with Crippen LogP contribution in [0.4, 0.5) is 0 Å². The second-order valence-corrected chi connectivity index (χ2v) is 5.38. The monoisotopic (exact) mass is 202 g/mol. The zero-order valence-electron chi connectivity index (χ0n) is 9.44. The van der Waals surface area contributed by atoms with Gasteiger partial charge in [-0.25, -0.2) is 0 Å². The lowest BCUT2D eigenvalue weighted by Gasteiger charge is -2.28. The number of aliphatic hydroxyl groups excluding tert-OH is 2. The minimum Gasteiger partial charge on any atom is -0.390 e. The molecule has 1 aliphatic carbocycles. The van der Waals surface area contributed by atoms with Gasteiger partial charge in [0.15, 0.2) is 0 Å². The van der Waals surface area contributed by atoms with Crippen molar-refractivity contribution in [2.24, 2.45) is 17.8 Å². The van der Waals surface area contributed by atoms with Crippen LogP contribution in [0, 0.1) is 17.8 Å². The van der Waals surface area contributed by atoms with E-state index in [1.165, 1.54) is 0 Å². The Balaban J connectivity index is 2.77. The molecular formula is C11H22O3. The fraction of sp³-hybridized carbons (Fsp3) is 1.00. The standard InChI is InChI=1S/C11H22O3/c1-6(2)7-5-8(11(3,4)14)10(13)9(7)12/h6-10,12-14H,5H2,1-4H3. The van der Waals surface area contributed by atoms with Crippen LogP contribution in [0.1, 0.15) is 34.1 Å². The van der Waals surface area contributed by atoms with E-state index < -0.39 is 17.8 Å². The van der Waals surface area contributed by atoms with Crippen LogP contribution in [0.25, 0.3) is 0 Å². The maximum atomic E-state index is 9.83. The maximum absolute atomic E-state index is 9.83. The molecule has 0 bridgehead atoms. The quantitative estimate of drug-likeness (QED) is 0.620. The molecule has 1 saturated carbocycles. The first-order valence-corrected chi connectivity index (χ1v) is 5.33. The Hall–Kier alpha value is -0.120. The summed E-state index contributed by atoms with van der Waals surface area (Å²) in [6.07, 6.45) is -0.780. The van der Waals surface area contributed by atoms with Crippen LogP contribution in [0.5, 0.6) is 0 Å². The fourth-order valence-electron chi connectivity index (χ4n) is 2.44. The van der Waals surface area contributed by atoms with Gasteiger partial charge in [0.25, 0.3) is 0 Å². The SMILES string of the molecule is CC(C)C1CC(C(C)(C)O)C(O)C1O. The van der Waals surface area contributed by atoms with Crippen LogP contribution in [-0.4, -0.2) is 33.1 Å². The molecule has 0 radical (unpaired) electrons. The van der Waals surface area contributed by atoms with Crippen LogP contribution in [-0.2, 0) is 0 Å². The molecule has 0 saturated heterocycles. The Morgan fingerprint density at radius 1 is 1.14 bits per heavy atom.